The summed E-state index contributed by atoms with van der Waals surface area (Å²) in [4.78, 5) is 29.3. The summed E-state index contributed by atoms with van der Waals surface area (Å²) in [5.41, 5.74) is 4.31. The van der Waals surface area contributed by atoms with Crippen molar-refractivity contribution in [2.75, 3.05) is 23.3 Å². The van der Waals surface area contributed by atoms with Crippen LogP contribution in [-0.2, 0) is 11.2 Å². The van der Waals surface area contributed by atoms with Crippen molar-refractivity contribution in [2.45, 2.75) is 26.2 Å². The first-order valence-corrected chi connectivity index (χ1v) is 9.36. The van der Waals surface area contributed by atoms with E-state index in [1.54, 1.807) is 6.92 Å². The molecule has 4 rings (SSSR count). The Morgan fingerprint density at radius 2 is 1.81 bits per heavy atom. The fourth-order valence-electron chi connectivity index (χ4n) is 3.60. The lowest BCUT2D eigenvalue weighted by atomic mass is 10.1. The highest BCUT2D eigenvalue weighted by Gasteiger charge is 2.12. The summed E-state index contributed by atoms with van der Waals surface area (Å²) in [7, 11) is 0. The van der Waals surface area contributed by atoms with Gasteiger partial charge in [-0.05, 0) is 73.2 Å². The van der Waals surface area contributed by atoms with E-state index in [1.165, 1.54) is 18.5 Å². The number of anilines is 2. The first-order chi connectivity index (χ1) is 13.1. The lowest BCUT2D eigenvalue weighted by Crippen LogP contribution is -2.18. The number of pyridine rings is 1. The topological polar surface area (TPSA) is 65.2 Å². The van der Waals surface area contributed by atoms with E-state index in [1.807, 2.05) is 36.4 Å². The van der Waals surface area contributed by atoms with Crippen LogP contribution in [0.2, 0.25) is 0 Å². The molecule has 27 heavy (non-hydrogen) atoms. The Morgan fingerprint density at radius 3 is 2.56 bits per heavy atom. The highest BCUT2D eigenvalue weighted by atomic mass is 16.1. The molecule has 3 aromatic rings. The van der Waals surface area contributed by atoms with Crippen molar-refractivity contribution in [3.8, 4) is 0 Å². The number of aromatic nitrogens is 1. The number of amides is 1. The summed E-state index contributed by atoms with van der Waals surface area (Å²) in [6.45, 7) is 4.00. The lowest BCUT2D eigenvalue weighted by Gasteiger charge is -2.17. The number of fused-ring (bicyclic) bond motifs is 1. The zero-order chi connectivity index (χ0) is 18.8. The lowest BCUT2D eigenvalue weighted by molar-refractivity contribution is -0.115. The number of nitrogens with one attached hydrogen (secondary N) is 2. The van der Waals surface area contributed by atoms with Crippen LogP contribution in [0, 0.1) is 6.92 Å². The predicted octanol–water partition coefficient (Wildman–Crippen LogP) is 3.62. The van der Waals surface area contributed by atoms with E-state index >= 15 is 0 Å². The van der Waals surface area contributed by atoms with E-state index in [-0.39, 0.29) is 11.5 Å². The number of benzene rings is 2. The Morgan fingerprint density at radius 1 is 1.07 bits per heavy atom. The summed E-state index contributed by atoms with van der Waals surface area (Å²) < 4.78 is 0. The number of aromatic amines is 1. The van der Waals surface area contributed by atoms with Crippen LogP contribution in [-0.4, -0.2) is 24.0 Å². The Hall–Kier alpha value is -3.08. The van der Waals surface area contributed by atoms with E-state index in [0.717, 1.165) is 35.2 Å². The van der Waals surface area contributed by atoms with Gasteiger partial charge in [0.1, 0.15) is 0 Å². The van der Waals surface area contributed by atoms with Gasteiger partial charge in [0.25, 0.3) is 5.56 Å². The third kappa shape index (κ3) is 3.87. The monoisotopic (exact) mass is 361 g/mol. The van der Waals surface area contributed by atoms with E-state index < -0.39 is 0 Å². The molecule has 0 radical (unpaired) electrons. The van der Waals surface area contributed by atoms with Gasteiger partial charge in [-0.25, -0.2) is 0 Å². The molecule has 0 unspecified atom stereocenters. The molecular formula is C22H23N3O2. The zero-order valence-electron chi connectivity index (χ0n) is 15.4. The Labute approximate surface area is 158 Å². The van der Waals surface area contributed by atoms with Crippen LogP contribution in [0.25, 0.3) is 10.9 Å². The number of aryl methyl sites for hydroxylation is 1. The van der Waals surface area contributed by atoms with Crippen molar-refractivity contribution in [1.82, 2.24) is 4.98 Å². The molecule has 0 bridgehead atoms. The molecule has 1 aromatic heterocycles. The van der Waals surface area contributed by atoms with E-state index in [2.05, 4.69) is 27.3 Å². The standard InChI is InChI=1S/C22H23N3O2/c1-15-12-17-13-16(4-9-20(17)24-22(15)27)14-21(26)23-18-5-7-19(8-6-18)25-10-2-3-11-25/h4-9,12-13H,2-3,10-11,14H2,1H3,(H,23,26)(H,24,27). The number of carbonyl (C=O) groups excluding carboxylic acids is 1. The Kier molecular flexibility index (Phi) is 4.67. The quantitative estimate of drug-likeness (QED) is 0.746. The van der Waals surface area contributed by atoms with Gasteiger partial charge < -0.3 is 15.2 Å². The summed E-state index contributed by atoms with van der Waals surface area (Å²) in [6.07, 6.45) is 2.79. The minimum atomic E-state index is -0.0784. The largest absolute Gasteiger partial charge is 0.372 e. The third-order valence-corrected chi connectivity index (χ3v) is 5.08. The van der Waals surface area contributed by atoms with Gasteiger partial charge in [-0.1, -0.05) is 6.07 Å². The zero-order valence-corrected chi connectivity index (χ0v) is 15.4. The van der Waals surface area contributed by atoms with Crippen LogP contribution in [0.4, 0.5) is 11.4 Å². The minimum absolute atomic E-state index is 0.0515. The highest BCUT2D eigenvalue weighted by molar-refractivity contribution is 5.93. The second kappa shape index (κ2) is 7.27. The fraction of sp³-hybridized carbons (Fsp3) is 0.273. The van der Waals surface area contributed by atoms with Crippen molar-refractivity contribution < 1.29 is 4.79 Å². The van der Waals surface area contributed by atoms with Crippen molar-refractivity contribution in [1.29, 1.82) is 0 Å². The molecule has 0 spiro atoms. The smallest absolute Gasteiger partial charge is 0.251 e. The molecule has 0 aliphatic carbocycles. The first-order valence-electron chi connectivity index (χ1n) is 9.36. The molecule has 1 aliphatic heterocycles. The molecule has 2 N–H and O–H groups in total. The third-order valence-electron chi connectivity index (χ3n) is 5.08. The number of rotatable bonds is 4. The molecular weight excluding hydrogens is 338 g/mol. The van der Waals surface area contributed by atoms with E-state index in [0.29, 0.717) is 12.0 Å². The maximum absolute atomic E-state index is 12.4. The highest BCUT2D eigenvalue weighted by Crippen LogP contribution is 2.22. The summed E-state index contributed by atoms with van der Waals surface area (Å²) in [5.74, 6) is -0.0515. The van der Waals surface area contributed by atoms with Crippen molar-refractivity contribution in [3.63, 3.8) is 0 Å². The number of nitrogens with zero attached hydrogens (tertiary/aromatic N) is 1. The molecule has 1 fully saturated rings. The van der Waals surface area contributed by atoms with Crippen LogP contribution >= 0.6 is 0 Å². The molecule has 5 nitrogen and oxygen atoms in total. The number of carbonyl (C=O) groups is 1. The summed E-state index contributed by atoms with van der Waals surface area (Å²) in [6, 6.07) is 15.6. The van der Waals surface area contributed by atoms with Gasteiger partial charge in [-0.3, -0.25) is 9.59 Å². The summed E-state index contributed by atoms with van der Waals surface area (Å²) >= 11 is 0. The molecule has 1 aliphatic rings. The van der Waals surface area contributed by atoms with Gasteiger partial charge in [0, 0.05) is 35.5 Å². The molecule has 0 atom stereocenters. The van der Waals surface area contributed by atoms with Gasteiger partial charge in [0.15, 0.2) is 0 Å². The van der Waals surface area contributed by atoms with Gasteiger partial charge in [0.05, 0.1) is 6.42 Å². The number of hydrogen-bond acceptors (Lipinski definition) is 3. The van der Waals surface area contributed by atoms with Crippen LogP contribution in [0.15, 0.2) is 53.3 Å². The average Bonchev–Trinajstić information content (AvgIpc) is 3.18. The molecule has 1 saturated heterocycles. The van der Waals surface area contributed by atoms with Crippen molar-refractivity contribution in [2.24, 2.45) is 0 Å². The van der Waals surface area contributed by atoms with Crippen LogP contribution < -0.4 is 15.8 Å². The minimum Gasteiger partial charge on any atom is -0.372 e. The second-order valence-corrected chi connectivity index (χ2v) is 7.17. The van der Waals surface area contributed by atoms with Gasteiger partial charge in [-0.15, -0.1) is 0 Å². The molecule has 2 heterocycles. The van der Waals surface area contributed by atoms with Gasteiger partial charge in [0.2, 0.25) is 5.91 Å². The summed E-state index contributed by atoms with van der Waals surface area (Å²) in [5, 5.41) is 3.90. The van der Waals surface area contributed by atoms with Crippen molar-refractivity contribution >= 4 is 28.2 Å². The average molecular weight is 361 g/mol. The van der Waals surface area contributed by atoms with E-state index in [9.17, 15) is 9.59 Å². The fourth-order valence-corrected chi connectivity index (χ4v) is 3.60. The SMILES string of the molecule is Cc1cc2cc(CC(=O)Nc3ccc(N4CCCC4)cc3)ccc2[nH]c1=O. The molecule has 138 valence electrons. The predicted molar refractivity (Wildman–Crippen MR) is 110 cm³/mol. The van der Waals surface area contributed by atoms with Crippen molar-refractivity contribution in [3.05, 3.63) is 70.0 Å². The molecule has 0 saturated carbocycles. The van der Waals surface area contributed by atoms with Crippen LogP contribution in [0.5, 0.6) is 0 Å². The van der Waals surface area contributed by atoms with Gasteiger partial charge >= 0.3 is 0 Å². The molecule has 1 amide bonds. The number of hydrogen-bond donors (Lipinski definition) is 2. The Balaban J connectivity index is 1.43. The number of H-pyrrole nitrogens is 1. The van der Waals surface area contributed by atoms with E-state index in [4.69, 9.17) is 0 Å². The molecule has 2 aromatic carbocycles. The van der Waals surface area contributed by atoms with Gasteiger partial charge in [-0.2, -0.15) is 0 Å². The van der Waals surface area contributed by atoms with Crippen LogP contribution in [0.3, 0.4) is 0 Å². The molecule has 5 heteroatoms. The second-order valence-electron chi connectivity index (χ2n) is 7.17. The first kappa shape index (κ1) is 17.3. The van der Waals surface area contributed by atoms with Crippen LogP contribution in [0.1, 0.15) is 24.0 Å². The normalized spacial score (nSPS) is 13.9. The maximum Gasteiger partial charge on any atom is 0.251 e. The maximum atomic E-state index is 12.4. The Bertz CT molecular complexity index is 1030.